The van der Waals surface area contributed by atoms with Gasteiger partial charge in [0.25, 0.3) is 5.91 Å². The van der Waals surface area contributed by atoms with Crippen LogP contribution in [0.5, 0.6) is 0 Å². The topological polar surface area (TPSA) is 56.4 Å². The number of likely N-dealkylation sites (tertiary alicyclic amines) is 2. The third-order valence-corrected chi connectivity index (χ3v) is 6.53. The summed E-state index contributed by atoms with van der Waals surface area (Å²) in [5.74, 6) is 0.365. The van der Waals surface area contributed by atoms with Gasteiger partial charge in [-0.1, -0.05) is 19.8 Å². The largest absolute Gasteiger partial charge is 0.354 e. The third kappa shape index (κ3) is 2.87. The van der Waals surface area contributed by atoms with Gasteiger partial charge in [-0.15, -0.1) is 0 Å². The Bertz CT molecular complexity index is 662. The lowest BCUT2D eigenvalue weighted by molar-refractivity contribution is -0.148. The molecule has 25 heavy (non-hydrogen) atoms. The quantitative estimate of drug-likeness (QED) is 0.917. The molecule has 1 N–H and O–H groups in total. The SMILES string of the molecule is CCc1ccc(C(=O)N2CC[C@]3(CCCN(C4CCCC4)C3=O)C2)[nH]1. The summed E-state index contributed by atoms with van der Waals surface area (Å²) in [5.41, 5.74) is 1.42. The van der Waals surface area contributed by atoms with Crippen LogP contribution in [0.2, 0.25) is 0 Å². The summed E-state index contributed by atoms with van der Waals surface area (Å²) < 4.78 is 0. The number of aromatic nitrogens is 1. The Hall–Kier alpha value is -1.78. The summed E-state index contributed by atoms with van der Waals surface area (Å²) >= 11 is 0. The number of hydrogen-bond donors (Lipinski definition) is 1. The first-order valence-corrected chi connectivity index (χ1v) is 9.91. The van der Waals surface area contributed by atoms with E-state index in [0.29, 0.717) is 30.7 Å². The van der Waals surface area contributed by atoms with Crippen LogP contribution in [0, 0.1) is 5.41 Å². The van der Waals surface area contributed by atoms with Crippen molar-refractivity contribution in [3.8, 4) is 0 Å². The summed E-state index contributed by atoms with van der Waals surface area (Å²) in [5, 5.41) is 0. The zero-order valence-corrected chi connectivity index (χ0v) is 15.2. The molecule has 0 bridgehead atoms. The second kappa shape index (κ2) is 6.50. The molecule has 2 amide bonds. The Morgan fingerprint density at radius 1 is 1.20 bits per heavy atom. The fourth-order valence-corrected chi connectivity index (χ4v) is 5.03. The third-order valence-electron chi connectivity index (χ3n) is 6.53. The molecule has 1 aromatic rings. The van der Waals surface area contributed by atoms with Crippen molar-refractivity contribution >= 4 is 11.8 Å². The lowest BCUT2D eigenvalue weighted by Crippen LogP contribution is -2.53. The van der Waals surface area contributed by atoms with E-state index in [4.69, 9.17) is 0 Å². The van der Waals surface area contributed by atoms with Gasteiger partial charge in [0.05, 0.1) is 5.41 Å². The van der Waals surface area contributed by atoms with Crippen molar-refractivity contribution in [3.05, 3.63) is 23.5 Å². The van der Waals surface area contributed by atoms with E-state index in [-0.39, 0.29) is 11.3 Å². The second-order valence-electron chi connectivity index (χ2n) is 8.05. The van der Waals surface area contributed by atoms with Crippen LogP contribution in [0.3, 0.4) is 0 Å². The fraction of sp³-hybridized carbons (Fsp3) is 0.700. The molecule has 3 heterocycles. The maximum Gasteiger partial charge on any atom is 0.270 e. The molecular formula is C20H29N3O2. The molecule has 2 saturated heterocycles. The van der Waals surface area contributed by atoms with Gasteiger partial charge in [0.2, 0.25) is 5.91 Å². The molecule has 4 rings (SSSR count). The Morgan fingerprint density at radius 2 is 2.00 bits per heavy atom. The van der Waals surface area contributed by atoms with Crippen LogP contribution in [-0.2, 0) is 11.2 Å². The fourth-order valence-electron chi connectivity index (χ4n) is 5.03. The van der Waals surface area contributed by atoms with Gasteiger partial charge >= 0.3 is 0 Å². The molecule has 5 heteroatoms. The molecule has 1 saturated carbocycles. The summed E-state index contributed by atoms with van der Waals surface area (Å²) in [4.78, 5) is 33.3. The molecular weight excluding hydrogens is 314 g/mol. The van der Waals surface area contributed by atoms with E-state index in [1.54, 1.807) is 0 Å². The summed E-state index contributed by atoms with van der Waals surface area (Å²) in [6.45, 7) is 4.27. The minimum atomic E-state index is -0.323. The normalized spacial score (nSPS) is 27.6. The van der Waals surface area contributed by atoms with E-state index in [9.17, 15) is 9.59 Å². The van der Waals surface area contributed by atoms with Crippen LogP contribution in [-0.4, -0.2) is 52.3 Å². The predicted octanol–water partition coefficient (Wildman–Crippen LogP) is 2.97. The smallest absolute Gasteiger partial charge is 0.270 e. The minimum Gasteiger partial charge on any atom is -0.354 e. The van der Waals surface area contributed by atoms with Gasteiger partial charge in [-0.3, -0.25) is 9.59 Å². The van der Waals surface area contributed by atoms with Gasteiger partial charge in [-0.05, 0) is 50.7 Å². The number of rotatable bonds is 3. The van der Waals surface area contributed by atoms with Crippen molar-refractivity contribution in [2.75, 3.05) is 19.6 Å². The molecule has 1 aliphatic carbocycles. The molecule has 1 spiro atoms. The number of aromatic amines is 1. The summed E-state index contributed by atoms with van der Waals surface area (Å²) in [6, 6.07) is 4.30. The van der Waals surface area contributed by atoms with E-state index < -0.39 is 0 Å². The minimum absolute atomic E-state index is 0.0439. The number of carbonyl (C=O) groups excluding carboxylic acids is 2. The summed E-state index contributed by atoms with van der Waals surface area (Å²) in [7, 11) is 0. The number of aryl methyl sites for hydroxylation is 1. The number of nitrogens with zero attached hydrogens (tertiary/aromatic N) is 2. The second-order valence-corrected chi connectivity index (χ2v) is 8.05. The highest BCUT2D eigenvalue weighted by Gasteiger charge is 2.50. The molecule has 1 atom stereocenters. The number of H-pyrrole nitrogens is 1. The van der Waals surface area contributed by atoms with E-state index in [2.05, 4.69) is 16.8 Å². The summed E-state index contributed by atoms with van der Waals surface area (Å²) in [6.07, 6.45) is 8.54. The van der Waals surface area contributed by atoms with Gasteiger partial charge in [-0.25, -0.2) is 0 Å². The van der Waals surface area contributed by atoms with Crippen molar-refractivity contribution in [1.82, 2.24) is 14.8 Å². The van der Waals surface area contributed by atoms with Crippen molar-refractivity contribution in [2.45, 2.75) is 64.3 Å². The Labute approximate surface area is 149 Å². The van der Waals surface area contributed by atoms with Gasteiger partial charge in [0.15, 0.2) is 0 Å². The molecule has 0 radical (unpaired) electrons. The van der Waals surface area contributed by atoms with Crippen LogP contribution < -0.4 is 0 Å². The zero-order chi connectivity index (χ0) is 17.4. The predicted molar refractivity (Wildman–Crippen MR) is 96.3 cm³/mol. The average Bonchev–Trinajstić information content (AvgIpc) is 3.38. The number of amides is 2. The number of piperidine rings is 1. The Balaban J connectivity index is 1.48. The molecule has 2 aliphatic heterocycles. The monoisotopic (exact) mass is 343 g/mol. The first-order chi connectivity index (χ1) is 12.1. The maximum atomic E-state index is 13.3. The van der Waals surface area contributed by atoms with Gasteiger partial charge < -0.3 is 14.8 Å². The molecule has 5 nitrogen and oxygen atoms in total. The van der Waals surface area contributed by atoms with Crippen molar-refractivity contribution in [2.24, 2.45) is 5.41 Å². The van der Waals surface area contributed by atoms with Crippen molar-refractivity contribution < 1.29 is 9.59 Å². The van der Waals surface area contributed by atoms with E-state index in [1.807, 2.05) is 17.0 Å². The first-order valence-electron chi connectivity index (χ1n) is 9.91. The van der Waals surface area contributed by atoms with Crippen molar-refractivity contribution in [1.29, 1.82) is 0 Å². The zero-order valence-electron chi connectivity index (χ0n) is 15.2. The van der Waals surface area contributed by atoms with Crippen LogP contribution in [0.4, 0.5) is 0 Å². The number of nitrogens with one attached hydrogen (secondary N) is 1. The standard InChI is InChI=1S/C20H29N3O2/c1-2-15-8-9-17(21-15)18(24)22-13-11-20(14-22)10-5-12-23(19(20)25)16-6-3-4-7-16/h8-9,16,21H,2-7,10-14H2,1H3/t20-/m1/s1. The van der Waals surface area contributed by atoms with Gasteiger partial charge in [-0.2, -0.15) is 0 Å². The van der Waals surface area contributed by atoms with Crippen LogP contribution in [0.25, 0.3) is 0 Å². The van der Waals surface area contributed by atoms with Crippen molar-refractivity contribution in [3.63, 3.8) is 0 Å². The lowest BCUT2D eigenvalue weighted by Gasteiger charge is -2.42. The van der Waals surface area contributed by atoms with E-state index in [1.165, 1.54) is 12.8 Å². The highest BCUT2D eigenvalue weighted by molar-refractivity contribution is 5.94. The van der Waals surface area contributed by atoms with Crippen LogP contribution in [0.15, 0.2) is 12.1 Å². The molecule has 136 valence electrons. The molecule has 0 unspecified atom stereocenters. The van der Waals surface area contributed by atoms with Crippen LogP contribution in [0.1, 0.15) is 68.1 Å². The molecule has 1 aromatic heterocycles. The maximum absolute atomic E-state index is 13.3. The Morgan fingerprint density at radius 3 is 2.72 bits per heavy atom. The lowest BCUT2D eigenvalue weighted by atomic mass is 9.77. The molecule has 3 aliphatic rings. The number of carbonyl (C=O) groups is 2. The molecule has 3 fully saturated rings. The van der Waals surface area contributed by atoms with Gasteiger partial charge in [0.1, 0.15) is 5.69 Å². The highest BCUT2D eigenvalue weighted by Crippen LogP contribution is 2.42. The van der Waals surface area contributed by atoms with Gasteiger partial charge in [0, 0.05) is 31.4 Å². The average molecular weight is 343 g/mol. The molecule has 0 aromatic carbocycles. The van der Waals surface area contributed by atoms with Crippen LogP contribution >= 0.6 is 0 Å². The highest BCUT2D eigenvalue weighted by atomic mass is 16.2. The van der Waals surface area contributed by atoms with E-state index >= 15 is 0 Å². The first kappa shape index (κ1) is 16.7. The van der Waals surface area contributed by atoms with E-state index in [0.717, 1.165) is 50.8 Å². The number of hydrogen-bond acceptors (Lipinski definition) is 2. The Kier molecular flexibility index (Phi) is 4.34.